The Balaban J connectivity index is 2.38. The van der Waals surface area contributed by atoms with Gasteiger partial charge in [-0.25, -0.2) is 17.9 Å². The third kappa shape index (κ3) is 4.25. The standard InChI is InChI=1S/C14H17F3N2O4S/c1-23-13(20)11-3-2-10(8-12(11)14(15,16)17)24(21,22)19-9-4-6-18-7-5-9/h2-3,8-9,18-19H,4-7H2,1H3. The molecule has 134 valence electrons. The Kier molecular flexibility index (Phi) is 5.51. The van der Waals surface area contributed by atoms with Gasteiger partial charge < -0.3 is 10.1 Å². The first kappa shape index (κ1) is 18.7. The van der Waals surface area contributed by atoms with Crippen LogP contribution in [0.5, 0.6) is 0 Å². The van der Waals surface area contributed by atoms with Crippen molar-refractivity contribution in [3.8, 4) is 0 Å². The number of methoxy groups -OCH3 is 1. The van der Waals surface area contributed by atoms with Crippen LogP contribution in [-0.2, 0) is 20.9 Å². The number of piperidine rings is 1. The molecule has 1 saturated heterocycles. The van der Waals surface area contributed by atoms with E-state index in [0.29, 0.717) is 32.0 Å². The highest BCUT2D eigenvalue weighted by atomic mass is 32.2. The second kappa shape index (κ2) is 7.08. The molecular formula is C14H17F3N2O4S. The average Bonchev–Trinajstić information content (AvgIpc) is 2.53. The summed E-state index contributed by atoms with van der Waals surface area (Å²) >= 11 is 0. The minimum absolute atomic E-state index is 0.342. The van der Waals surface area contributed by atoms with E-state index in [1.807, 2.05) is 0 Å². The highest BCUT2D eigenvalue weighted by Crippen LogP contribution is 2.34. The first-order chi connectivity index (χ1) is 11.1. The molecule has 2 N–H and O–H groups in total. The smallest absolute Gasteiger partial charge is 0.417 e. The number of rotatable bonds is 4. The van der Waals surface area contributed by atoms with Crippen molar-refractivity contribution in [3.63, 3.8) is 0 Å². The largest absolute Gasteiger partial charge is 0.465 e. The molecule has 0 saturated carbocycles. The molecule has 1 aliphatic heterocycles. The monoisotopic (exact) mass is 366 g/mol. The van der Waals surface area contributed by atoms with E-state index in [1.54, 1.807) is 0 Å². The molecule has 0 atom stereocenters. The van der Waals surface area contributed by atoms with Gasteiger partial charge in [0.2, 0.25) is 10.0 Å². The first-order valence-electron chi connectivity index (χ1n) is 7.18. The lowest BCUT2D eigenvalue weighted by atomic mass is 10.1. The summed E-state index contributed by atoms with van der Waals surface area (Å²) in [6.45, 7) is 1.25. The summed E-state index contributed by atoms with van der Waals surface area (Å²) in [5.41, 5.74) is -2.08. The topological polar surface area (TPSA) is 84.5 Å². The van der Waals surface area contributed by atoms with Crippen molar-refractivity contribution in [3.05, 3.63) is 29.3 Å². The molecule has 0 aromatic heterocycles. The fraction of sp³-hybridized carbons (Fsp3) is 0.500. The number of ether oxygens (including phenoxy) is 1. The van der Waals surface area contributed by atoms with Gasteiger partial charge in [-0.1, -0.05) is 0 Å². The van der Waals surface area contributed by atoms with Gasteiger partial charge in [0.25, 0.3) is 0 Å². The van der Waals surface area contributed by atoms with Crippen LogP contribution >= 0.6 is 0 Å². The van der Waals surface area contributed by atoms with Crippen LogP contribution in [0.15, 0.2) is 23.1 Å². The van der Waals surface area contributed by atoms with Gasteiger partial charge in [-0.15, -0.1) is 0 Å². The van der Waals surface area contributed by atoms with Crippen LogP contribution in [0, 0.1) is 0 Å². The molecule has 6 nitrogen and oxygen atoms in total. The van der Waals surface area contributed by atoms with Gasteiger partial charge in [0, 0.05) is 6.04 Å². The number of esters is 1. The lowest BCUT2D eigenvalue weighted by molar-refractivity contribution is -0.138. The second-order valence-corrected chi connectivity index (χ2v) is 7.06. The molecule has 24 heavy (non-hydrogen) atoms. The zero-order chi connectivity index (χ0) is 18.0. The zero-order valence-electron chi connectivity index (χ0n) is 12.8. The van der Waals surface area contributed by atoms with Crippen molar-refractivity contribution < 1.29 is 31.1 Å². The van der Waals surface area contributed by atoms with Crippen molar-refractivity contribution in [1.82, 2.24) is 10.0 Å². The summed E-state index contributed by atoms with van der Waals surface area (Å²) in [5.74, 6) is -1.18. The normalized spacial score (nSPS) is 16.8. The van der Waals surface area contributed by atoms with E-state index in [-0.39, 0.29) is 6.04 Å². The Bertz CT molecular complexity index is 713. The highest BCUT2D eigenvalue weighted by molar-refractivity contribution is 7.89. The Morgan fingerprint density at radius 3 is 2.46 bits per heavy atom. The molecule has 1 aliphatic rings. The van der Waals surface area contributed by atoms with Crippen LogP contribution in [0.3, 0.4) is 0 Å². The summed E-state index contributed by atoms with van der Waals surface area (Å²) in [5, 5.41) is 3.06. The SMILES string of the molecule is COC(=O)c1ccc(S(=O)(=O)NC2CCNCC2)cc1C(F)(F)F. The van der Waals surface area contributed by atoms with Gasteiger partial charge in [-0.2, -0.15) is 13.2 Å². The molecule has 0 radical (unpaired) electrons. The van der Waals surface area contributed by atoms with Crippen molar-refractivity contribution >= 4 is 16.0 Å². The molecule has 0 bridgehead atoms. The molecule has 1 heterocycles. The fourth-order valence-electron chi connectivity index (χ4n) is 2.44. The summed E-state index contributed by atoms with van der Waals surface area (Å²) < 4.78 is 70.8. The van der Waals surface area contributed by atoms with Crippen molar-refractivity contribution in [2.75, 3.05) is 20.2 Å². The summed E-state index contributed by atoms with van der Waals surface area (Å²) in [7, 11) is -3.17. The summed E-state index contributed by atoms with van der Waals surface area (Å²) in [6, 6.07) is 1.89. The van der Waals surface area contributed by atoms with Crippen LogP contribution < -0.4 is 10.0 Å². The summed E-state index contributed by atoms with van der Waals surface area (Å²) in [6.07, 6.45) is -3.79. The van der Waals surface area contributed by atoms with Crippen LogP contribution in [0.2, 0.25) is 0 Å². The maximum absolute atomic E-state index is 13.1. The van der Waals surface area contributed by atoms with Gasteiger partial charge in [0.1, 0.15) is 0 Å². The lowest BCUT2D eigenvalue weighted by Gasteiger charge is -2.23. The molecule has 0 aliphatic carbocycles. The third-order valence-electron chi connectivity index (χ3n) is 3.67. The molecule has 10 heteroatoms. The number of benzene rings is 1. The van der Waals surface area contributed by atoms with Gasteiger partial charge >= 0.3 is 12.1 Å². The van der Waals surface area contributed by atoms with E-state index in [2.05, 4.69) is 14.8 Å². The minimum atomic E-state index is -4.89. The molecule has 0 spiro atoms. The number of hydrogen-bond donors (Lipinski definition) is 2. The number of carbonyl (C=O) groups is 1. The zero-order valence-corrected chi connectivity index (χ0v) is 13.6. The van der Waals surface area contributed by atoms with E-state index >= 15 is 0 Å². The Labute approximate surface area is 137 Å². The number of carbonyl (C=O) groups excluding carboxylic acids is 1. The molecule has 1 aromatic rings. The quantitative estimate of drug-likeness (QED) is 0.790. The molecule has 2 rings (SSSR count). The van der Waals surface area contributed by atoms with Gasteiger partial charge in [-0.3, -0.25) is 0 Å². The molecule has 0 amide bonds. The molecule has 1 fully saturated rings. The Morgan fingerprint density at radius 2 is 1.92 bits per heavy atom. The van der Waals surface area contributed by atoms with Crippen LogP contribution in [0.25, 0.3) is 0 Å². The van der Waals surface area contributed by atoms with Crippen molar-refractivity contribution in [2.45, 2.75) is 30.0 Å². The molecule has 0 unspecified atom stereocenters. The van der Waals surface area contributed by atoms with E-state index in [1.165, 1.54) is 0 Å². The van der Waals surface area contributed by atoms with E-state index in [9.17, 15) is 26.4 Å². The number of halogens is 3. The average molecular weight is 366 g/mol. The Morgan fingerprint density at radius 1 is 1.29 bits per heavy atom. The van der Waals surface area contributed by atoms with Gasteiger partial charge in [0.15, 0.2) is 0 Å². The van der Waals surface area contributed by atoms with Crippen LogP contribution in [-0.4, -0.2) is 40.6 Å². The van der Waals surface area contributed by atoms with E-state index in [0.717, 1.165) is 19.2 Å². The van der Waals surface area contributed by atoms with Crippen molar-refractivity contribution in [1.29, 1.82) is 0 Å². The van der Waals surface area contributed by atoms with Crippen molar-refractivity contribution in [2.24, 2.45) is 0 Å². The van der Waals surface area contributed by atoms with Gasteiger partial charge in [0.05, 0.1) is 23.1 Å². The molecule has 1 aromatic carbocycles. The Hall–Kier alpha value is -1.65. The fourth-order valence-corrected chi connectivity index (χ4v) is 3.77. The minimum Gasteiger partial charge on any atom is -0.465 e. The van der Waals surface area contributed by atoms with E-state index < -0.39 is 38.2 Å². The second-order valence-electron chi connectivity index (χ2n) is 5.34. The van der Waals surface area contributed by atoms with Crippen LogP contribution in [0.4, 0.5) is 13.2 Å². The number of sulfonamides is 1. The maximum atomic E-state index is 13.1. The number of alkyl halides is 3. The number of hydrogen-bond acceptors (Lipinski definition) is 5. The predicted molar refractivity (Wildman–Crippen MR) is 79.0 cm³/mol. The lowest BCUT2D eigenvalue weighted by Crippen LogP contribution is -2.42. The number of nitrogens with one attached hydrogen (secondary N) is 2. The third-order valence-corrected chi connectivity index (χ3v) is 5.19. The maximum Gasteiger partial charge on any atom is 0.417 e. The van der Waals surface area contributed by atoms with Gasteiger partial charge in [-0.05, 0) is 44.1 Å². The van der Waals surface area contributed by atoms with Crippen LogP contribution in [0.1, 0.15) is 28.8 Å². The molecular weight excluding hydrogens is 349 g/mol. The predicted octanol–water partition coefficient (Wildman–Crippen LogP) is 1.52. The highest BCUT2D eigenvalue weighted by Gasteiger charge is 2.37. The summed E-state index contributed by atoms with van der Waals surface area (Å²) in [4.78, 5) is 10.9. The van der Waals surface area contributed by atoms with E-state index in [4.69, 9.17) is 0 Å². The first-order valence-corrected chi connectivity index (χ1v) is 8.66.